The van der Waals surface area contributed by atoms with Crippen molar-refractivity contribution in [3.8, 4) is 0 Å². The van der Waals surface area contributed by atoms with Crippen LogP contribution in [0.2, 0.25) is 0 Å². The van der Waals surface area contributed by atoms with Crippen molar-refractivity contribution in [2.45, 2.75) is 20.4 Å². The van der Waals surface area contributed by atoms with E-state index in [9.17, 15) is 14.0 Å². The van der Waals surface area contributed by atoms with Gasteiger partial charge in [-0.05, 0) is 48.7 Å². The zero-order valence-electron chi connectivity index (χ0n) is 15.6. The highest BCUT2D eigenvalue weighted by Crippen LogP contribution is 2.20. The smallest absolute Gasteiger partial charge is 0.257 e. The van der Waals surface area contributed by atoms with Crippen LogP contribution >= 0.6 is 0 Å². The average Bonchev–Trinajstić information content (AvgIpc) is 2.70. The van der Waals surface area contributed by atoms with Crippen molar-refractivity contribution in [1.82, 2.24) is 10.3 Å². The third kappa shape index (κ3) is 4.59. The Morgan fingerprint density at radius 2 is 1.54 bits per heavy atom. The summed E-state index contributed by atoms with van der Waals surface area (Å²) in [4.78, 5) is 29.0. The number of aryl methyl sites for hydroxylation is 2. The van der Waals surface area contributed by atoms with Gasteiger partial charge in [0, 0.05) is 24.6 Å². The highest BCUT2D eigenvalue weighted by atomic mass is 19.1. The Morgan fingerprint density at radius 3 is 2.18 bits per heavy atom. The number of para-hydroxylation sites is 1. The summed E-state index contributed by atoms with van der Waals surface area (Å²) in [5.41, 5.74) is 3.99. The van der Waals surface area contributed by atoms with E-state index in [4.69, 9.17) is 0 Å². The van der Waals surface area contributed by atoms with Crippen LogP contribution in [0.4, 0.5) is 10.1 Å². The number of nitrogens with one attached hydrogen (secondary N) is 2. The lowest BCUT2D eigenvalue weighted by Crippen LogP contribution is -2.23. The van der Waals surface area contributed by atoms with E-state index in [1.165, 1.54) is 30.6 Å². The molecule has 0 fully saturated rings. The first-order valence-electron chi connectivity index (χ1n) is 8.79. The SMILES string of the molecule is Cc1cccc(C)c1NC(=O)c1cncc(C(=O)NCc2ccc(F)cc2)c1. The molecule has 0 saturated heterocycles. The monoisotopic (exact) mass is 377 g/mol. The van der Waals surface area contributed by atoms with E-state index in [0.717, 1.165) is 22.4 Å². The third-order valence-corrected chi connectivity index (χ3v) is 4.35. The second-order valence-electron chi connectivity index (χ2n) is 6.49. The van der Waals surface area contributed by atoms with E-state index in [-0.39, 0.29) is 35.3 Å². The minimum Gasteiger partial charge on any atom is -0.348 e. The van der Waals surface area contributed by atoms with Crippen LogP contribution in [0.5, 0.6) is 0 Å². The van der Waals surface area contributed by atoms with E-state index in [1.807, 2.05) is 32.0 Å². The molecule has 0 bridgehead atoms. The summed E-state index contributed by atoms with van der Waals surface area (Å²) in [5.74, 6) is -1.03. The third-order valence-electron chi connectivity index (χ3n) is 4.35. The van der Waals surface area contributed by atoms with Crippen molar-refractivity contribution in [3.05, 3.63) is 94.6 Å². The highest BCUT2D eigenvalue weighted by molar-refractivity contribution is 6.06. The molecule has 5 nitrogen and oxygen atoms in total. The Balaban J connectivity index is 1.69. The summed E-state index contributed by atoms with van der Waals surface area (Å²) in [6.07, 6.45) is 2.81. The van der Waals surface area contributed by atoms with Gasteiger partial charge >= 0.3 is 0 Å². The zero-order valence-corrected chi connectivity index (χ0v) is 15.6. The number of carbonyl (C=O) groups is 2. The minimum absolute atomic E-state index is 0.248. The maximum atomic E-state index is 12.9. The lowest BCUT2D eigenvalue weighted by molar-refractivity contribution is 0.0950. The quantitative estimate of drug-likeness (QED) is 0.705. The number of benzene rings is 2. The van der Waals surface area contributed by atoms with Crippen LogP contribution in [-0.2, 0) is 6.54 Å². The van der Waals surface area contributed by atoms with Gasteiger partial charge in [-0.2, -0.15) is 0 Å². The minimum atomic E-state index is -0.362. The lowest BCUT2D eigenvalue weighted by Gasteiger charge is -2.12. The van der Waals surface area contributed by atoms with E-state index in [1.54, 1.807) is 12.1 Å². The van der Waals surface area contributed by atoms with Crippen LogP contribution in [0.15, 0.2) is 60.9 Å². The molecule has 0 aliphatic rings. The Labute approximate surface area is 162 Å². The lowest BCUT2D eigenvalue weighted by atomic mass is 10.1. The maximum absolute atomic E-state index is 12.9. The summed E-state index contributed by atoms with van der Waals surface area (Å²) < 4.78 is 12.9. The van der Waals surface area contributed by atoms with Gasteiger partial charge in [0.1, 0.15) is 5.82 Å². The number of nitrogens with zero attached hydrogens (tertiary/aromatic N) is 1. The van der Waals surface area contributed by atoms with E-state index >= 15 is 0 Å². The molecular weight excluding hydrogens is 357 g/mol. The van der Waals surface area contributed by atoms with Gasteiger partial charge in [-0.25, -0.2) is 4.39 Å². The molecule has 28 heavy (non-hydrogen) atoms. The molecule has 0 spiro atoms. The number of hydrogen-bond donors (Lipinski definition) is 2. The van der Waals surface area contributed by atoms with Gasteiger partial charge in [0.05, 0.1) is 11.1 Å². The van der Waals surface area contributed by atoms with Crippen molar-refractivity contribution < 1.29 is 14.0 Å². The number of amides is 2. The molecule has 6 heteroatoms. The highest BCUT2D eigenvalue weighted by Gasteiger charge is 2.13. The molecule has 2 N–H and O–H groups in total. The maximum Gasteiger partial charge on any atom is 0.257 e. The van der Waals surface area contributed by atoms with Crippen LogP contribution in [0.1, 0.15) is 37.4 Å². The first kappa shape index (κ1) is 19.2. The number of halogens is 1. The number of aromatic nitrogens is 1. The first-order chi connectivity index (χ1) is 13.4. The summed E-state index contributed by atoms with van der Waals surface area (Å²) in [7, 11) is 0. The van der Waals surface area contributed by atoms with E-state index in [0.29, 0.717) is 0 Å². The largest absolute Gasteiger partial charge is 0.348 e. The Hall–Kier alpha value is -3.54. The molecule has 0 atom stereocenters. The first-order valence-corrected chi connectivity index (χ1v) is 8.79. The molecule has 1 aromatic heterocycles. The van der Waals surface area contributed by atoms with Crippen LogP contribution in [0.3, 0.4) is 0 Å². The predicted octanol–water partition coefficient (Wildman–Crippen LogP) is 4.02. The van der Waals surface area contributed by atoms with Gasteiger partial charge in [-0.1, -0.05) is 30.3 Å². The van der Waals surface area contributed by atoms with Crippen molar-refractivity contribution in [2.24, 2.45) is 0 Å². The van der Waals surface area contributed by atoms with Gasteiger partial charge in [0.25, 0.3) is 11.8 Å². The molecule has 1 heterocycles. The number of hydrogen-bond acceptors (Lipinski definition) is 3. The number of pyridine rings is 1. The van der Waals surface area contributed by atoms with Gasteiger partial charge in [0.15, 0.2) is 0 Å². The van der Waals surface area contributed by atoms with E-state index in [2.05, 4.69) is 15.6 Å². The predicted molar refractivity (Wildman–Crippen MR) is 106 cm³/mol. The normalized spacial score (nSPS) is 10.4. The zero-order chi connectivity index (χ0) is 20.1. The topological polar surface area (TPSA) is 71.1 Å². The second-order valence-corrected chi connectivity index (χ2v) is 6.49. The molecule has 0 aliphatic heterocycles. The van der Waals surface area contributed by atoms with E-state index < -0.39 is 0 Å². The van der Waals surface area contributed by atoms with Crippen molar-refractivity contribution in [1.29, 1.82) is 0 Å². The Bertz CT molecular complexity index is 996. The van der Waals surface area contributed by atoms with Crippen LogP contribution in [-0.4, -0.2) is 16.8 Å². The van der Waals surface area contributed by atoms with Crippen LogP contribution in [0.25, 0.3) is 0 Å². The molecule has 0 saturated carbocycles. The summed E-state index contributed by atoms with van der Waals surface area (Å²) >= 11 is 0. The molecule has 3 rings (SSSR count). The molecule has 3 aromatic rings. The molecule has 0 unspecified atom stereocenters. The van der Waals surface area contributed by atoms with Gasteiger partial charge < -0.3 is 10.6 Å². The second kappa shape index (κ2) is 8.43. The number of carbonyl (C=O) groups excluding carboxylic acids is 2. The molecular formula is C22H20FN3O2. The Kier molecular flexibility index (Phi) is 5.79. The fourth-order valence-corrected chi connectivity index (χ4v) is 2.77. The molecule has 2 aromatic carbocycles. The van der Waals surface area contributed by atoms with Crippen molar-refractivity contribution in [2.75, 3.05) is 5.32 Å². The number of rotatable bonds is 5. The standard InChI is InChI=1S/C22H20FN3O2/c1-14-4-3-5-15(2)20(14)26-22(28)18-10-17(12-24-13-18)21(27)25-11-16-6-8-19(23)9-7-16/h3-10,12-13H,11H2,1-2H3,(H,25,27)(H,26,28). The fraction of sp³-hybridized carbons (Fsp3) is 0.136. The summed E-state index contributed by atoms with van der Waals surface area (Å²) in [6.45, 7) is 4.08. The molecule has 142 valence electrons. The molecule has 0 aliphatic carbocycles. The average molecular weight is 377 g/mol. The fourth-order valence-electron chi connectivity index (χ4n) is 2.77. The van der Waals surface area contributed by atoms with Crippen molar-refractivity contribution >= 4 is 17.5 Å². The van der Waals surface area contributed by atoms with Crippen LogP contribution in [0, 0.1) is 19.7 Å². The Morgan fingerprint density at radius 1 is 0.929 bits per heavy atom. The van der Waals surface area contributed by atoms with Gasteiger partial charge in [-0.3, -0.25) is 14.6 Å². The molecule has 2 amide bonds. The summed E-state index contributed by atoms with van der Waals surface area (Å²) in [5, 5.41) is 5.61. The number of anilines is 1. The van der Waals surface area contributed by atoms with Crippen LogP contribution < -0.4 is 10.6 Å². The van der Waals surface area contributed by atoms with Gasteiger partial charge in [-0.15, -0.1) is 0 Å². The van der Waals surface area contributed by atoms with Crippen molar-refractivity contribution in [3.63, 3.8) is 0 Å². The summed E-state index contributed by atoms with van der Waals surface area (Å²) in [6, 6.07) is 13.1. The molecule has 0 radical (unpaired) electrons. The van der Waals surface area contributed by atoms with Gasteiger partial charge in [0.2, 0.25) is 0 Å².